The van der Waals surface area contributed by atoms with Gasteiger partial charge in [-0.15, -0.1) is 11.8 Å². The lowest BCUT2D eigenvalue weighted by Gasteiger charge is -2.22. The first-order chi connectivity index (χ1) is 13.3. The normalized spacial score (nSPS) is 15.5. The average Bonchev–Trinajstić information content (AvgIpc) is 2.79. The van der Waals surface area contributed by atoms with Crippen LogP contribution in [-0.2, 0) is 4.74 Å². The van der Waals surface area contributed by atoms with Gasteiger partial charge in [0.05, 0.1) is 18.4 Å². The quantitative estimate of drug-likeness (QED) is 0.633. The standard InChI is InChI=1S/C23H26N2O2S/c1-23(2)15-18(10-6-16-7-11-19(12-8-16)25(3)4)24-20-14-17(22(26)27-5)9-13-21(20)28-23/h6-14H,15H2,1-5H3/b10-6+. The molecular weight excluding hydrogens is 368 g/mol. The largest absolute Gasteiger partial charge is 0.465 e. The Morgan fingerprint density at radius 3 is 2.50 bits per heavy atom. The zero-order valence-electron chi connectivity index (χ0n) is 17.0. The van der Waals surface area contributed by atoms with E-state index in [1.54, 1.807) is 17.8 Å². The number of carbonyl (C=O) groups is 1. The number of nitrogens with zero attached hydrogens (tertiary/aromatic N) is 2. The summed E-state index contributed by atoms with van der Waals surface area (Å²) in [5.41, 5.74) is 4.64. The van der Waals surface area contributed by atoms with Gasteiger partial charge in [-0.1, -0.05) is 18.2 Å². The minimum Gasteiger partial charge on any atom is -0.465 e. The van der Waals surface area contributed by atoms with Gasteiger partial charge in [0.2, 0.25) is 0 Å². The highest BCUT2D eigenvalue weighted by Crippen LogP contribution is 2.43. The number of esters is 1. The molecule has 1 aliphatic rings. The minimum atomic E-state index is -0.343. The SMILES string of the molecule is COC(=O)c1ccc2c(c1)N=C(/C=C/c1ccc(N(C)C)cc1)CC(C)(C)S2. The van der Waals surface area contributed by atoms with E-state index in [0.717, 1.165) is 28.3 Å². The van der Waals surface area contributed by atoms with Gasteiger partial charge in [0.15, 0.2) is 0 Å². The molecule has 0 fully saturated rings. The van der Waals surface area contributed by atoms with Crippen LogP contribution in [0.1, 0.15) is 36.2 Å². The second-order valence-corrected chi connectivity index (χ2v) is 9.38. The first kappa shape index (κ1) is 20.2. The Hall–Kier alpha value is -2.53. The second-order valence-electron chi connectivity index (χ2n) is 7.64. The van der Waals surface area contributed by atoms with Crippen molar-refractivity contribution in [1.29, 1.82) is 0 Å². The third-order valence-electron chi connectivity index (χ3n) is 4.51. The lowest BCUT2D eigenvalue weighted by atomic mass is 10.0. The van der Waals surface area contributed by atoms with Gasteiger partial charge in [0.25, 0.3) is 0 Å². The van der Waals surface area contributed by atoms with Gasteiger partial charge in [-0.3, -0.25) is 4.99 Å². The molecule has 0 radical (unpaired) electrons. The number of hydrogen-bond donors (Lipinski definition) is 0. The number of aliphatic imine (C=N–C) groups is 1. The van der Waals surface area contributed by atoms with E-state index in [4.69, 9.17) is 9.73 Å². The third-order valence-corrected chi connectivity index (χ3v) is 5.78. The van der Waals surface area contributed by atoms with Crippen LogP contribution in [0.5, 0.6) is 0 Å². The van der Waals surface area contributed by atoms with E-state index in [0.29, 0.717) is 5.56 Å². The number of rotatable bonds is 4. The van der Waals surface area contributed by atoms with Crippen molar-refractivity contribution in [3.05, 3.63) is 59.7 Å². The molecule has 4 nitrogen and oxygen atoms in total. The Morgan fingerprint density at radius 2 is 1.86 bits per heavy atom. The molecule has 0 saturated heterocycles. The predicted molar refractivity (Wildman–Crippen MR) is 119 cm³/mol. The van der Waals surface area contributed by atoms with Crippen molar-refractivity contribution in [3.8, 4) is 0 Å². The number of hydrogen-bond acceptors (Lipinski definition) is 5. The van der Waals surface area contributed by atoms with Gasteiger partial charge in [-0.25, -0.2) is 4.79 Å². The highest BCUT2D eigenvalue weighted by molar-refractivity contribution is 8.00. The summed E-state index contributed by atoms with van der Waals surface area (Å²) in [5, 5.41) is 0. The van der Waals surface area contributed by atoms with Crippen molar-refractivity contribution in [3.63, 3.8) is 0 Å². The van der Waals surface area contributed by atoms with Crippen molar-refractivity contribution in [2.24, 2.45) is 4.99 Å². The van der Waals surface area contributed by atoms with Crippen molar-refractivity contribution in [1.82, 2.24) is 0 Å². The predicted octanol–water partition coefficient (Wildman–Crippen LogP) is 5.60. The maximum atomic E-state index is 11.9. The molecule has 0 aliphatic carbocycles. The van der Waals surface area contributed by atoms with Crippen LogP contribution >= 0.6 is 11.8 Å². The molecule has 0 saturated carbocycles. The van der Waals surface area contributed by atoms with Crippen LogP contribution < -0.4 is 4.90 Å². The highest BCUT2D eigenvalue weighted by atomic mass is 32.2. The number of benzene rings is 2. The minimum absolute atomic E-state index is 0.00991. The van der Waals surface area contributed by atoms with Crippen LogP contribution in [0.15, 0.2) is 58.4 Å². The Morgan fingerprint density at radius 1 is 1.14 bits per heavy atom. The van der Waals surface area contributed by atoms with Crippen LogP contribution in [0, 0.1) is 0 Å². The van der Waals surface area contributed by atoms with Crippen molar-refractivity contribution in [2.75, 3.05) is 26.1 Å². The van der Waals surface area contributed by atoms with Gasteiger partial charge in [-0.2, -0.15) is 0 Å². The van der Waals surface area contributed by atoms with E-state index in [1.165, 1.54) is 12.8 Å². The fraction of sp³-hybridized carbons (Fsp3) is 0.304. The summed E-state index contributed by atoms with van der Waals surface area (Å²) >= 11 is 1.79. The summed E-state index contributed by atoms with van der Waals surface area (Å²) in [6.07, 6.45) is 5.01. The second kappa shape index (κ2) is 8.23. The fourth-order valence-corrected chi connectivity index (χ4v) is 4.23. The summed E-state index contributed by atoms with van der Waals surface area (Å²) in [7, 11) is 5.46. The zero-order chi connectivity index (χ0) is 20.3. The van der Waals surface area contributed by atoms with Crippen LogP contribution in [0.4, 0.5) is 11.4 Å². The molecule has 1 aliphatic heterocycles. The monoisotopic (exact) mass is 394 g/mol. The first-order valence-electron chi connectivity index (χ1n) is 9.22. The fourth-order valence-electron chi connectivity index (χ4n) is 3.07. The third kappa shape index (κ3) is 4.84. The molecule has 28 heavy (non-hydrogen) atoms. The lowest BCUT2D eigenvalue weighted by molar-refractivity contribution is 0.0600. The summed E-state index contributed by atoms with van der Waals surface area (Å²) < 4.78 is 4.86. The number of carbonyl (C=O) groups excluding carboxylic acids is 1. The number of ether oxygens (including phenoxy) is 1. The molecule has 3 rings (SSSR count). The lowest BCUT2D eigenvalue weighted by Crippen LogP contribution is -2.17. The maximum Gasteiger partial charge on any atom is 0.337 e. The van der Waals surface area contributed by atoms with Crippen LogP contribution in [0.3, 0.4) is 0 Å². The molecule has 0 unspecified atom stereocenters. The molecule has 0 N–H and O–H groups in total. The van der Waals surface area contributed by atoms with E-state index in [9.17, 15) is 4.79 Å². The van der Waals surface area contributed by atoms with E-state index in [-0.39, 0.29) is 10.7 Å². The summed E-state index contributed by atoms with van der Waals surface area (Å²) in [6, 6.07) is 14.0. The van der Waals surface area contributed by atoms with Crippen LogP contribution in [0.25, 0.3) is 6.08 Å². The van der Waals surface area contributed by atoms with Crippen LogP contribution in [-0.4, -0.2) is 37.6 Å². The first-order valence-corrected chi connectivity index (χ1v) is 10.0. The number of allylic oxidation sites excluding steroid dienone is 1. The molecule has 0 bridgehead atoms. The smallest absolute Gasteiger partial charge is 0.337 e. The number of methoxy groups -OCH3 is 1. The Labute approximate surface area is 171 Å². The number of thioether (sulfide) groups is 1. The Bertz CT molecular complexity index is 928. The molecular formula is C23H26N2O2S. The summed E-state index contributed by atoms with van der Waals surface area (Å²) in [4.78, 5) is 19.9. The Balaban J connectivity index is 1.93. The van der Waals surface area contributed by atoms with Crippen LogP contribution in [0.2, 0.25) is 0 Å². The van der Waals surface area contributed by atoms with E-state index < -0.39 is 0 Å². The highest BCUT2D eigenvalue weighted by Gasteiger charge is 2.26. The van der Waals surface area contributed by atoms with Crippen molar-refractivity contribution in [2.45, 2.75) is 29.9 Å². The van der Waals surface area contributed by atoms with Gasteiger partial charge in [0.1, 0.15) is 0 Å². The molecule has 0 aromatic heterocycles. The maximum absolute atomic E-state index is 11.9. The topological polar surface area (TPSA) is 41.9 Å². The molecule has 2 aromatic carbocycles. The summed E-state index contributed by atoms with van der Waals surface area (Å²) in [5.74, 6) is -0.343. The zero-order valence-corrected chi connectivity index (χ0v) is 17.8. The molecule has 0 amide bonds. The molecule has 1 heterocycles. The van der Waals surface area contributed by atoms with Crippen molar-refractivity contribution < 1.29 is 9.53 Å². The van der Waals surface area contributed by atoms with Gasteiger partial charge < -0.3 is 9.64 Å². The van der Waals surface area contributed by atoms with Crippen molar-refractivity contribution >= 4 is 40.9 Å². The molecule has 2 aromatic rings. The van der Waals surface area contributed by atoms with E-state index in [2.05, 4.69) is 55.2 Å². The van der Waals surface area contributed by atoms with E-state index >= 15 is 0 Å². The molecule has 146 valence electrons. The summed E-state index contributed by atoms with van der Waals surface area (Å²) in [6.45, 7) is 4.44. The molecule has 0 atom stereocenters. The molecule has 0 spiro atoms. The van der Waals surface area contributed by atoms with Gasteiger partial charge >= 0.3 is 5.97 Å². The van der Waals surface area contributed by atoms with Gasteiger partial charge in [0, 0.05) is 41.6 Å². The van der Waals surface area contributed by atoms with Gasteiger partial charge in [-0.05, 0) is 55.8 Å². The van der Waals surface area contributed by atoms with E-state index in [1.807, 2.05) is 26.2 Å². The number of anilines is 1. The molecule has 5 heteroatoms. The Kier molecular flexibility index (Phi) is 5.94. The number of fused-ring (bicyclic) bond motifs is 1. The average molecular weight is 395 g/mol.